The van der Waals surface area contributed by atoms with E-state index in [9.17, 15) is 4.79 Å². The number of nitrogens with one attached hydrogen (secondary N) is 1. The molecule has 1 atom stereocenters. The van der Waals surface area contributed by atoms with Gasteiger partial charge < -0.3 is 4.74 Å². The van der Waals surface area contributed by atoms with Gasteiger partial charge in [0.1, 0.15) is 10.8 Å². The quantitative estimate of drug-likeness (QED) is 0.658. The molecule has 5 nitrogen and oxygen atoms in total. The number of aryl methyl sites for hydroxylation is 3. The number of carbonyl (C=O) groups excluding carboxylic acids is 1. The van der Waals surface area contributed by atoms with Crippen LogP contribution < -0.4 is 10.1 Å². The first kappa shape index (κ1) is 19.0. The zero-order chi connectivity index (χ0) is 19.4. The van der Waals surface area contributed by atoms with E-state index in [0.29, 0.717) is 11.6 Å². The second kappa shape index (κ2) is 8.31. The van der Waals surface area contributed by atoms with Crippen molar-refractivity contribution in [2.75, 3.05) is 5.32 Å². The number of hydrogen-bond donors (Lipinski definition) is 1. The first-order valence-corrected chi connectivity index (χ1v) is 9.73. The van der Waals surface area contributed by atoms with Crippen molar-refractivity contribution < 1.29 is 9.53 Å². The lowest BCUT2D eigenvalue weighted by molar-refractivity contribution is -0.122. The van der Waals surface area contributed by atoms with Crippen molar-refractivity contribution in [2.24, 2.45) is 0 Å². The number of anilines is 1. The molecule has 0 saturated carbocycles. The maximum atomic E-state index is 12.6. The maximum absolute atomic E-state index is 12.6. The van der Waals surface area contributed by atoms with Crippen LogP contribution in [0.4, 0.5) is 5.13 Å². The molecule has 1 unspecified atom stereocenters. The number of amides is 1. The van der Waals surface area contributed by atoms with Gasteiger partial charge in [0, 0.05) is 5.56 Å². The van der Waals surface area contributed by atoms with Gasteiger partial charge in [-0.05, 0) is 44.4 Å². The standard InChI is InChI=1S/C21H23N3O2S/c1-5-17(26-18-12-14(3)6-9-15(18)4)19(25)22-21-24-23-20(27-21)16-10-7-13(2)8-11-16/h6-12,17H,5H2,1-4H3,(H,22,24,25). The maximum Gasteiger partial charge on any atom is 0.267 e. The molecular formula is C21H23N3O2S. The van der Waals surface area contributed by atoms with Crippen molar-refractivity contribution in [3.63, 3.8) is 0 Å². The number of carbonyl (C=O) groups is 1. The SMILES string of the molecule is CCC(Oc1cc(C)ccc1C)C(=O)Nc1nnc(-c2ccc(C)cc2)s1. The Kier molecular flexibility index (Phi) is 5.86. The zero-order valence-electron chi connectivity index (χ0n) is 15.9. The van der Waals surface area contributed by atoms with Crippen LogP contribution in [-0.2, 0) is 4.79 Å². The molecule has 0 spiro atoms. The Morgan fingerprint density at radius 1 is 1.07 bits per heavy atom. The van der Waals surface area contributed by atoms with Crippen LogP contribution in [0.25, 0.3) is 10.6 Å². The predicted molar refractivity (Wildman–Crippen MR) is 109 cm³/mol. The molecule has 0 radical (unpaired) electrons. The lowest BCUT2D eigenvalue weighted by Gasteiger charge is -2.18. The molecule has 0 aliphatic heterocycles. The van der Waals surface area contributed by atoms with Gasteiger partial charge in [-0.25, -0.2) is 0 Å². The average molecular weight is 382 g/mol. The van der Waals surface area contributed by atoms with Crippen molar-refractivity contribution >= 4 is 22.4 Å². The van der Waals surface area contributed by atoms with E-state index in [2.05, 4.69) is 15.5 Å². The van der Waals surface area contributed by atoms with E-state index in [-0.39, 0.29) is 5.91 Å². The molecular weight excluding hydrogens is 358 g/mol. The molecule has 0 saturated heterocycles. The molecule has 1 aromatic heterocycles. The van der Waals surface area contributed by atoms with Crippen LogP contribution in [0, 0.1) is 20.8 Å². The minimum Gasteiger partial charge on any atom is -0.480 e. The second-order valence-corrected chi connectivity index (χ2v) is 7.53. The van der Waals surface area contributed by atoms with E-state index in [4.69, 9.17) is 4.74 Å². The van der Waals surface area contributed by atoms with Gasteiger partial charge in [-0.2, -0.15) is 0 Å². The molecule has 3 aromatic rings. The van der Waals surface area contributed by atoms with Crippen LogP contribution in [0.5, 0.6) is 5.75 Å². The van der Waals surface area contributed by atoms with Crippen LogP contribution in [0.3, 0.4) is 0 Å². The number of benzene rings is 2. The Hall–Kier alpha value is -2.73. The van der Waals surface area contributed by atoms with Crippen molar-refractivity contribution in [1.82, 2.24) is 10.2 Å². The summed E-state index contributed by atoms with van der Waals surface area (Å²) < 4.78 is 5.96. The summed E-state index contributed by atoms with van der Waals surface area (Å²) in [6, 6.07) is 14.0. The van der Waals surface area contributed by atoms with Crippen LogP contribution in [-0.4, -0.2) is 22.2 Å². The summed E-state index contributed by atoms with van der Waals surface area (Å²) in [6.07, 6.45) is -0.0275. The molecule has 1 amide bonds. The van der Waals surface area contributed by atoms with Crippen LogP contribution in [0.2, 0.25) is 0 Å². The van der Waals surface area contributed by atoms with Gasteiger partial charge >= 0.3 is 0 Å². The minimum absolute atomic E-state index is 0.218. The van der Waals surface area contributed by atoms with Gasteiger partial charge in [0.25, 0.3) is 5.91 Å². The van der Waals surface area contributed by atoms with E-state index in [1.807, 2.05) is 70.2 Å². The average Bonchev–Trinajstić information content (AvgIpc) is 3.11. The summed E-state index contributed by atoms with van der Waals surface area (Å²) in [7, 11) is 0. The molecule has 3 rings (SSSR count). The highest BCUT2D eigenvalue weighted by Gasteiger charge is 2.21. The number of rotatable bonds is 6. The van der Waals surface area contributed by atoms with Gasteiger partial charge in [0.2, 0.25) is 5.13 Å². The molecule has 140 valence electrons. The van der Waals surface area contributed by atoms with E-state index >= 15 is 0 Å². The smallest absolute Gasteiger partial charge is 0.267 e. The number of aromatic nitrogens is 2. The van der Waals surface area contributed by atoms with E-state index in [0.717, 1.165) is 27.4 Å². The summed E-state index contributed by atoms with van der Waals surface area (Å²) in [5.41, 5.74) is 4.27. The highest BCUT2D eigenvalue weighted by Crippen LogP contribution is 2.27. The first-order chi connectivity index (χ1) is 13.0. The van der Waals surface area contributed by atoms with Gasteiger partial charge in [-0.15, -0.1) is 10.2 Å². The highest BCUT2D eigenvalue weighted by atomic mass is 32.1. The Morgan fingerprint density at radius 2 is 1.78 bits per heavy atom. The molecule has 0 aliphatic rings. The first-order valence-electron chi connectivity index (χ1n) is 8.91. The largest absolute Gasteiger partial charge is 0.480 e. The monoisotopic (exact) mass is 381 g/mol. The van der Waals surface area contributed by atoms with E-state index in [1.165, 1.54) is 16.9 Å². The van der Waals surface area contributed by atoms with Crippen molar-refractivity contribution in [1.29, 1.82) is 0 Å². The Labute approximate surface area is 163 Å². The molecule has 0 bridgehead atoms. The normalized spacial score (nSPS) is 11.9. The zero-order valence-corrected chi connectivity index (χ0v) is 16.8. The summed E-state index contributed by atoms with van der Waals surface area (Å²) in [5.74, 6) is 0.514. The topological polar surface area (TPSA) is 64.1 Å². The fourth-order valence-corrected chi connectivity index (χ4v) is 3.33. The van der Waals surface area contributed by atoms with Crippen LogP contribution >= 0.6 is 11.3 Å². The Morgan fingerprint density at radius 3 is 2.48 bits per heavy atom. The van der Waals surface area contributed by atoms with Crippen molar-refractivity contribution in [3.8, 4) is 16.3 Å². The predicted octanol–water partition coefficient (Wildman–Crippen LogP) is 4.93. The number of ether oxygens (including phenoxy) is 1. The van der Waals surface area contributed by atoms with Crippen LogP contribution in [0.15, 0.2) is 42.5 Å². The summed E-state index contributed by atoms with van der Waals surface area (Å²) >= 11 is 1.35. The summed E-state index contributed by atoms with van der Waals surface area (Å²) in [5, 5.41) is 12.3. The second-order valence-electron chi connectivity index (χ2n) is 6.55. The molecule has 27 heavy (non-hydrogen) atoms. The molecule has 1 N–H and O–H groups in total. The van der Waals surface area contributed by atoms with Gasteiger partial charge in [-0.3, -0.25) is 10.1 Å². The third kappa shape index (κ3) is 4.71. The Balaban J connectivity index is 1.70. The lowest BCUT2D eigenvalue weighted by Crippen LogP contribution is -2.32. The number of hydrogen-bond acceptors (Lipinski definition) is 5. The van der Waals surface area contributed by atoms with Gasteiger partial charge in [0.05, 0.1) is 0 Å². The fourth-order valence-electron chi connectivity index (χ4n) is 2.58. The van der Waals surface area contributed by atoms with Gasteiger partial charge in [0.15, 0.2) is 6.10 Å². The van der Waals surface area contributed by atoms with Gasteiger partial charge in [-0.1, -0.05) is 60.2 Å². The molecule has 6 heteroatoms. The van der Waals surface area contributed by atoms with Crippen molar-refractivity contribution in [3.05, 3.63) is 59.2 Å². The molecule has 0 aliphatic carbocycles. The third-order valence-corrected chi connectivity index (χ3v) is 5.12. The molecule has 1 heterocycles. The number of nitrogens with zero attached hydrogens (tertiary/aromatic N) is 2. The molecule has 0 fully saturated rings. The summed E-state index contributed by atoms with van der Waals surface area (Å²) in [4.78, 5) is 12.6. The highest BCUT2D eigenvalue weighted by molar-refractivity contribution is 7.18. The van der Waals surface area contributed by atoms with E-state index in [1.54, 1.807) is 0 Å². The van der Waals surface area contributed by atoms with Crippen LogP contribution in [0.1, 0.15) is 30.0 Å². The van der Waals surface area contributed by atoms with Crippen molar-refractivity contribution in [2.45, 2.75) is 40.2 Å². The summed E-state index contributed by atoms with van der Waals surface area (Å²) in [6.45, 7) is 7.93. The van der Waals surface area contributed by atoms with E-state index < -0.39 is 6.10 Å². The Bertz CT molecular complexity index is 935. The third-order valence-electron chi connectivity index (χ3n) is 4.23. The molecule has 2 aromatic carbocycles. The fraction of sp³-hybridized carbons (Fsp3) is 0.286. The lowest BCUT2D eigenvalue weighted by atomic mass is 10.1. The minimum atomic E-state index is -0.586.